The number of halogens is 2. The third-order valence-corrected chi connectivity index (χ3v) is 3.64. The van der Waals surface area contributed by atoms with Crippen molar-refractivity contribution in [2.24, 2.45) is 5.92 Å². The molecular weight excluding hydrogens is 351 g/mol. The summed E-state index contributed by atoms with van der Waals surface area (Å²) >= 11 is 0. The van der Waals surface area contributed by atoms with E-state index in [1.54, 1.807) is 13.8 Å². The number of benzene rings is 1. The van der Waals surface area contributed by atoms with E-state index >= 15 is 0 Å². The first kappa shape index (κ1) is 26.8. The summed E-state index contributed by atoms with van der Waals surface area (Å²) < 4.78 is 0. The smallest absolute Gasteiger partial charge is 0.0483 e. The van der Waals surface area contributed by atoms with E-state index < -0.39 is 0 Å². The van der Waals surface area contributed by atoms with Crippen LogP contribution in [0.1, 0.15) is 47.1 Å². The molecule has 1 N–H and O–H groups in total. The molecule has 0 saturated heterocycles. The predicted octanol–water partition coefficient (Wildman–Crippen LogP) is 5.47. The topological polar surface area (TPSA) is 20.2 Å². The molecule has 1 aliphatic carbocycles. The van der Waals surface area contributed by atoms with Crippen LogP contribution in [0.5, 0.6) is 0 Å². The van der Waals surface area contributed by atoms with E-state index in [2.05, 4.69) is 45.9 Å². The van der Waals surface area contributed by atoms with Gasteiger partial charge in [0.25, 0.3) is 0 Å². The van der Waals surface area contributed by atoms with Crippen LogP contribution in [0, 0.1) is 12.0 Å². The summed E-state index contributed by atoms with van der Waals surface area (Å²) in [6.07, 6.45) is -0.167. The summed E-state index contributed by atoms with van der Waals surface area (Å²) in [6, 6.07) is 11.6. The minimum Gasteiger partial charge on any atom is -0.394 e. The van der Waals surface area contributed by atoms with Gasteiger partial charge >= 0.3 is 0 Å². The average molecular weight is 378 g/mol. The van der Waals surface area contributed by atoms with Gasteiger partial charge in [0.15, 0.2) is 0 Å². The standard InChI is InChI=1S/C15H17.C3H8O.2ClH.Ti/c1-10-11(2)13(4)15(12(10)3)14-8-6-5-7-9-14;1-3(2)4;;;/h5-8,12H,1-4H3;3-4H,1-2H3;2*1H;/q-1;;;;. The van der Waals surface area contributed by atoms with Gasteiger partial charge in [-0.2, -0.15) is 0 Å². The summed E-state index contributed by atoms with van der Waals surface area (Å²) in [5, 5.41) is 8.06. The molecule has 1 aromatic carbocycles. The molecule has 1 aromatic rings. The first-order valence-corrected chi connectivity index (χ1v) is 6.89. The number of rotatable bonds is 1. The molecule has 1 atom stereocenters. The molecule has 124 valence electrons. The van der Waals surface area contributed by atoms with E-state index in [0.717, 1.165) is 0 Å². The van der Waals surface area contributed by atoms with Crippen molar-refractivity contribution >= 4 is 30.4 Å². The van der Waals surface area contributed by atoms with Crippen molar-refractivity contribution in [1.82, 2.24) is 0 Å². The van der Waals surface area contributed by atoms with Crippen molar-refractivity contribution in [1.29, 1.82) is 0 Å². The van der Waals surface area contributed by atoms with Gasteiger partial charge in [-0.05, 0) is 40.5 Å². The van der Waals surface area contributed by atoms with E-state index in [9.17, 15) is 0 Å². The molecule has 0 heterocycles. The van der Waals surface area contributed by atoms with Crippen LogP contribution in [0.15, 0.2) is 41.0 Å². The summed E-state index contributed by atoms with van der Waals surface area (Å²) in [4.78, 5) is 0. The molecular formula is C18H27Cl2OTi-. The van der Waals surface area contributed by atoms with Crippen molar-refractivity contribution in [3.8, 4) is 0 Å². The Morgan fingerprint density at radius 1 is 1.05 bits per heavy atom. The molecule has 1 nitrogen and oxygen atoms in total. The molecule has 0 fully saturated rings. The van der Waals surface area contributed by atoms with Gasteiger partial charge in [-0.15, -0.1) is 66.3 Å². The van der Waals surface area contributed by atoms with Crippen LogP contribution in [-0.4, -0.2) is 11.2 Å². The van der Waals surface area contributed by atoms with Crippen LogP contribution in [-0.2, 0) is 21.7 Å². The number of allylic oxidation sites excluding steroid dienone is 4. The largest absolute Gasteiger partial charge is 0.394 e. The fourth-order valence-electron chi connectivity index (χ4n) is 2.36. The maximum absolute atomic E-state index is 8.06. The zero-order valence-corrected chi connectivity index (χ0v) is 17.4. The Kier molecular flexibility index (Phi) is 15.1. The Morgan fingerprint density at radius 3 is 1.86 bits per heavy atom. The molecule has 0 radical (unpaired) electrons. The molecule has 0 bridgehead atoms. The number of aliphatic hydroxyl groups is 1. The summed E-state index contributed by atoms with van der Waals surface area (Å²) in [5.74, 6) is 0.545. The van der Waals surface area contributed by atoms with Crippen LogP contribution in [0.25, 0.3) is 5.57 Å². The second-order valence-corrected chi connectivity index (χ2v) is 5.44. The summed E-state index contributed by atoms with van der Waals surface area (Å²) in [5.41, 5.74) is 7.08. The van der Waals surface area contributed by atoms with Gasteiger partial charge in [-0.3, -0.25) is 0 Å². The Hall–Kier alpha value is -0.0457. The Morgan fingerprint density at radius 2 is 1.55 bits per heavy atom. The van der Waals surface area contributed by atoms with Crippen LogP contribution in [0.3, 0.4) is 0 Å². The SMILES string of the molecule is CC(C)O.CC1=C(C)C(C)C(c2[c-]cccc2)=C1C.Cl.Cl.[Ti]. The summed E-state index contributed by atoms with van der Waals surface area (Å²) in [6.45, 7) is 12.4. The van der Waals surface area contributed by atoms with Gasteiger partial charge in [0.2, 0.25) is 0 Å². The molecule has 22 heavy (non-hydrogen) atoms. The number of aliphatic hydroxyl groups excluding tert-OH is 1. The van der Waals surface area contributed by atoms with Gasteiger partial charge in [-0.1, -0.05) is 23.6 Å². The van der Waals surface area contributed by atoms with E-state index in [4.69, 9.17) is 5.11 Å². The van der Waals surface area contributed by atoms with Gasteiger partial charge < -0.3 is 5.11 Å². The number of hydrogen-bond donors (Lipinski definition) is 1. The third kappa shape index (κ3) is 7.02. The second kappa shape index (κ2) is 12.4. The first-order valence-electron chi connectivity index (χ1n) is 6.89. The van der Waals surface area contributed by atoms with Crippen LogP contribution in [0.4, 0.5) is 0 Å². The zero-order chi connectivity index (χ0) is 14.6. The fourth-order valence-corrected chi connectivity index (χ4v) is 2.36. The van der Waals surface area contributed by atoms with E-state index in [0.29, 0.717) is 5.92 Å². The number of hydrogen-bond acceptors (Lipinski definition) is 1. The Labute approximate surface area is 163 Å². The molecule has 1 unspecified atom stereocenters. The quantitative estimate of drug-likeness (QED) is 0.507. The normalized spacial score (nSPS) is 16.3. The second-order valence-electron chi connectivity index (χ2n) is 5.44. The van der Waals surface area contributed by atoms with Crippen LogP contribution < -0.4 is 0 Å². The first-order chi connectivity index (χ1) is 8.86. The van der Waals surface area contributed by atoms with Gasteiger partial charge in [-0.25, -0.2) is 0 Å². The van der Waals surface area contributed by atoms with E-state index in [-0.39, 0.29) is 52.6 Å². The zero-order valence-electron chi connectivity index (χ0n) is 14.2. The fraction of sp³-hybridized carbons (Fsp3) is 0.444. The Balaban J connectivity index is -0.000000466. The van der Waals surface area contributed by atoms with Crippen molar-refractivity contribution in [2.75, 3.05) is 0 Å². The molecule has 0 aliphatic heterocycles. The molecule has 4 heteroatoms. The molecule has 1 aliphatic rings. The van der Waals surface area contributed by atoms with Crippen molar-refractivity contribution < 1.29 is 26.8 Å². The maximum atomic E-state index is 8.06. The molecule has 0 saturated carbocycles. The molecule has 2 rings (SSSR count). The predicted molar refractivity (Wildman–Crippen MR) is 97.3 cm³/mol. The van der Waals surface area contributed by atoms with Gasteiger partial charge in [0, 0.05) is 27.8 Å². The van der Waals surface area contributed by atoms with E-state index in [1.165, 1.54) is 27.9 Å². The van der Waals surface area contributed by atoms with Gasteiger partial charge in [0.05, 0.1) is 0 Å². The van der Waals surface area contributed by atoms with Crippen molar-refractivity contribution in [2.45, 2.75) is 47.6 Å². The van der Waals surface area contributed by atoms with Crippen molar-refractivity contribution in [3.05, 3.63) is 52.6 Å². The van der Waals surface area contributed by atoms with E-state index in [1.807, 2.05) is 12.1 Å². The summed E-state index contributed by atoms with van der Waals surface area (Å²) in [7, 11) is 0. The minimum atomic E-state index is -0.167. The molecule has 0 spiro atoms. The van der Waals surface area contributed by atoms with Crippen LogP contribution in [0.2, 0.25) is 0 Å². The molecule has 0 amide bonds. The maximum Gasteiger partial charge on any atom is 0.0483 e. The van der Waals surface area contributed by atoms with Gasteiger partial charge in [0.1, 0.15) is 0 Å². The average Bonchev–Trinajstić information content (AvgIpc) is 2.54. The van der Waals surface area contributed by atoms with Crippen LogP contribution >= 0.6 is 24.8 Å². The Bertz CT molecular complexity index is 490. The third-order valence-electron chi connectivity index (χ3n) is 3.64. The monoisotopic (exact) mass is 377 g/mol. The van der Waals surface area contributed by atoms with Crippen molar-refractivity contribution in [3.63, 3.8) is 0 Å². The minimum absolute atomic E-state index is 0. The molecule has 0 aromatic heterocycles.